The fraction of sp³-hybridized carbons (Fsp3) is 0.529. The quantitative estimate of drug-likeness (QED) is 0.543. The molecule has 0 heterocycles. The van der Waals surface area contributed by atoms with Crippen molar-refractivity contribution in [2.24, 2.45) is 5.41 Å². The van der Waals surface area contributed by atoms with E-state index in [4.69, 9.17) is 37.4 Å². The lowest BCUT2D eigenvalue weighted by Crippen LogP contribution is -2.26. The van der Waals surface area contributed by atoms with E-state index in [9.17, 15) is 9.59 Å². The van der Waals surface area contributed by atoms with Crippen LogP contribution in [0, 0.1) is 5.41 Å². The number of anilines is 1. The van der Waals surface area contributed by atoms with Gasteiger partial charge in [0.25, 0.3) is 5.91 Å². The number of rotatable bonds is 8. The van der Waals surface area contributed by atoms with Gasteiger partial charge in [-0.05, 0) is 32.9 Å². The summed E-state index contributed by atoms with van der Waals surface area (Å²) in [5, 5.41) is 2.64. The van der Waals surface area contributed by atoms with Crippen molar-refractivity contribution < 1.29 is 23.8 Å². The average Bonchev–Trinajstić information content (AvgIpc) is 3.07. The number of hydrogen-bond donors (Lipinski definition) is 1. The van der Waals surface area contributed by atoms with E-state index in [1.165, 1.54) is 0 Å². The molecule has 1 amide bonds. The van der Waals surface area contributed by atoms with Crippen LogP contribution in [-0.4, -0.2) is 36.0 Å². The zero-order chi connectivity index (χ0) is 18.7. The van der Waals surface area contributed by atoms with E-state index in [0.717, 1.165) is 0 Å². The summed E-state index contributed by atoms with van der Waals surface area (Å²) in [6, 6.07) is 5.04. The highest BCUT2D eigenvalue weighted by molar-refractivity contribution is 6.53. The summed E-state index contributed by atoms with van der Waals surface area (Å²) in [5.74, 6) is 0.0583. The molecule has 0 spiro atoms. The van der Waals surface area contributed by atoms with Crippen LogP contribution >= 0.6 is 23.2 Å². The van der Waals surface area contributed by atoms with Gasteiger partial charge >= 0.3 is 5.97 Å². The standard InChI is InChI=1S/C17H21Cl2NO5/c1-4-23-12-7-6-11(8-13(12)24-5-2)20-14(21)9-25-15(22)16(3)10-17(16,18)19/h6-8H,4-5,9-10H2,1-3H3,(H,20,21)/t16-/m0/s1. The molecule has 138 valence electrons. The van der Waals surface area contributed by atoms with Crippen molar-refractivity contribution in [3.63, 3.8) is 0 Å². The van der Waals surface area contributed by atoms with Gasteiger partial charge in [-0.3, -0.25) is 9.59 Å². The summed E-state index contributed by atoms with van der Waals surface area (Å²) in [7, 11) is 0. The average molecular weight is 390 g/mol. The first kappa shape index (κ1) is 19.7. The number of alkyl halides is 2. The molecular weight excluding hydrogens is 369 g/mol. The second-order valence-corrected chi connectivity index (χ2v) is 7.35. The van der Waals surface area contributed by atoms with Crippen LogP contribution < -0.4 is 14.8 Å². The van der Waals surface area contributed by atoms with Gasteiger partial charge < -0.3 is 19.5 Å². The third kappa shape index (κ3) is 4.50. The lowest BCUT2D eigenvalue weighted by molar-refractivity contribution is -0.152. The molecule has 1 saturated carbocycles. The van der Waals surface area contributed by atoms with Crippen LogP contribution in [-0.2, 0) is 14.3 Å². The molecule has 2 rings (SSSR count). The molecule has 0 saturated heterocycles. The van der Waals surface area contributed by atoms with E-state index in [0.29, 0.717) is 36.8 Å². The molecule has 1 aromatic carbocycles. The molecule has 0 aliphatic heterocycles. The number of halogens is 2. The minimum Gasteiger partial charge on any atom is -0.490 e. The molecule has 1 fully saturated rings. The number of carbonyl (C=O) groups excluding carboxylic acids is 2. The van der Waals surface area contributed by atoms with Gasteiger partial charge in [0.05, 0.1) is 13.2 Å². The molecule has 1 aliphatic carbocycles. The first-order chi connectivity index (χ1) is 11.7. The Kier molecular flexibility index (Phi) is 6.06. The second-order valence-electron chi connectivity index (χ2n) is 5.87. The van der Waals surface area contributed by atoms with Crippen molar-refractivity contribution in [1.29, 1.82) is 0 Å². The highest BCUT2D eigenvalue weighted by Crippen LogP contribution is 2.64. The maximum atomic E-state index is 12.0. The van der Waals surface area contributed by atoms with Gasteiger partial charge in [-0.15, -0.1) is 23.2 Å². The van der Waals surface area contributed by atoms with Gasteiger partial charge in [-0.1, -0.05) is 0 Å². The first-order valence-corrected chi connectivity index (χ1v) is 8.73. The molecule has 0 unspecified atom stereocenters. The van der Waals surface area contributed by atoms with Crippen molar-refractivity contribution >= 4 is 40.8 Å². The van der Waals surface area contributed by atoms with Crippen LogP contribution in [0.5, 0.6) is 11.5 Å². The predicted octanol–water partition coefficient (Wildman–Crippen LogP) is 3.55. The van der Waals surface area contributed by atoms with Gasteiger partial charge in [-0.2, -0.15) is 0 Å². The molecule has 0 aromatic heterocycles. The van der Waals surface area contributed by atoms with Crippen molar-refractivity contribution in [3.8, 4) is 11.5 Å². The number of carbonyl (C=O) groups is 2. The van der Waals surface area contributed by atoms with Crippen LogP contribution in [0.2, 0.25) is 0 Å². The molecule has 1 aromatic rings. The Labute approximate surface area is 156 Å². The lowest BCUT2D eigenvalue weighted by Gasteiger charge is -2.14. The van der Waals surface area contributed by atoms with E-state index in [1.807, 2.05) is 13.8 Å². The second kappa shape index (κ2) is 7.70. The summed E-state index contributed by atoms with van der Waals surface area (Å²) >= 11 is 11.8. The summed E-state index contributed by atoms with van der Waals surface area (Å²) in [5.41, 5.74) is -0.452. The number of ether oxygens (including phenoxy) is 3. The Morgan fingerprint density at radius 2 is 1.76 bits per heavy atom. The minimum atomic E-state index is -1.12. The molecule has 8 heteroatoms. The van der Waals surface area contributed by atoms with E-state index in [2.05, 4.69) is 5.32 Å². The Balaban J connectivity index is 1.92. The van der Waals surface area contributed by atoms with Crippen molar-refractivity contribution in [2.45, 2.75) is 31.5 Å². The Hall–Kier alpha value is -1.66. The molecule has 6 nitrogen and oxygen atoms in total. The zero-order valence-electron chi connectivity index (χ0n) is 14.4. The van der Waals surface area contributed by atoms with E-state index >= 15 is 0 Å². The number of benzene rings is 1. The first-order valence-electron chi connectivity index (χ1n) is 7.98. The number of amides is 1. The maximum Gasteiger partial charge on any atom is 0.315 e. The predicted molar refractivity (Wildman–Crippen MR) is 95.5 cm³/mol. The highest BCUT2D eigenvalue weighted by atomic mass is 35.5. The smallest absolute Gasteiger partial charge is 0.315 e. The summed E-state index contributed by atoms with van der Waals surface area (Å²) in [6.07, 6.45) is 0.306. The zero-order valence-corrected chi connectivity index (χ0v) is 15.9. The van der Waals surface area contributed by atoms with Gasteiger partial charge in [0.15, 0.2) is 18.1 Å². The number of nitrogens with one attached hydrogen (secondary N) is 1. The molecule has 0 bridgehead atoms. The SMILES string of the molecule is CCOc1ccc(NC(=O)COC(=O)[C@]2(C)CC2(Cl)Cl)cc1OCC. The largest absolute Gasteiger partial charge is 0.490 e. The van der Waals surface area contributed by atoms with Gasteiger partial charge in [0.1, 0.15) is 9.75 Å². The van der Waals surface area contributed by atoms with E-state index < -0.39 is 28.2 Å². The summed E-state index contributed by atoms with van der Waals surface area (Å²) in [6.45, 7) is 5.88. The molecule has 1 aliphatic rings. The van der Waals surface area contributed by atoms with Crippen LogP contribution in [0.1, 0.15) is 27.2 Å². The Bertz CT molecular complexity index is 664. The van der Waals surface area contributed by atoms with Gasteiger partial charge in [0.2, 0.25) is 0 Å². The normalized spacial score (nSPS) is 20.5. The molecule has 1 N–H and O–H groups in total. The van der Waals surface area contributed by atoms with Crippen molar-refractivity contribution in [2.75, 3.05) is 25.1 Å². The van der Waals surface area contributed by atoms with Crippen molar-refractivity contribution in [1.82, 2.24) is 0 Å². The minimum absolute atomic E-state index is 0.306. The van der Waals surface area contributed by atoms with Gasteiger partial charge in [0, 0.05) is 18.2 Å². The third-order valence-corrected chi connectivity index (χ3v) is 4.97. The van der Waals surface area contributed by atoms with E-state index in [1.54, 1.807) is 25.1 Å². The molecule has 0 radical (unpaired) electrons. The van der Waals surface area contributed by atoms with Crippen LogP contribution in [0.4, 0.5) is 5.69 Å². The van der Waals surface area contributed by atoms with Crippen LogP contribution in [0.25, 0.3) is 0 Å². The lowest BCUT2D eigenvalue weighted by atomic mass is 10.1. The van der Waals surface area contributed by atoms with E-state index in [-0.39, 0.29) is 0 Å². The number of esters is 1. The number of hydrogen-bond acceptors (Lipinski definition) is 5. The fourth-order valence-corrected chi connectivity index (χ4v) is 2.93. The van der Waals surface area contributed by atoms with Gasteiger partial charge in [-0.25, -0.2) is 0 Å². The van der Waals surface area contributed by atoms with Crippen LogP contribution in [0.3, 0.4) is 0 Å². The maximum absolute atomic E-state index is 12.0. The van der Waals surface area contributed by atoms with Crippen molar-refractivity contribution in [3.05, 3.63) is 18.2 Å². The van der Waals surface area contributed by atoms with Crippen LogP contribution in [0.15, 0.2) is 18.2 Å². The molecule has 1 atom stereocenters. The monoisotopic (exact) mass is 389 g/mol. The molecule has 25 heavy (non-hydrogen) atoms. The summed E-state index contributed by atoms with van der Waals surface area (Å²) in [4.78, 5) is 23.9. The Morgan fingerprint density at radius 1 is 1.16 bits per heavy atom. The summed E-state index contributed by atoms with van der Waals surface area (Å²) < 4.78 is 14.8. The Morgan fingerprint density at radius 3 is 2.32 bits per heavy atom. The topological polar surface area (TPSA) is 73.9 Å². The fourth-order valence-electron chi connectivity index (χ4n) is 2.24. The third-order valence-electron chi connectivity index (χ3n) is 3.87. The molecular formula is C17H21Cl2NO5. The highest BCUT2D eigenvalue weighted by Gasteiger charge is 2.69.